The van der Waals surface area contributed by atoms with Gasteiger partial charge in [-0.25, -0.2) is 4.98 Å². The Kier molecular flexibility index (Phi) is 6.17. The zero-order chi connectivity index (χ0) is 26.2. The summed E-state index contributed by atoms with van der Waals surface area (Å²) in [5.74, 6) is 7.72. The fraction of sp³-hybridized carbons (Fsp3) is 0.0882. The van der Waals surface area contributed by atoms with Crippen LogP contribution in [0.5, 0.6) is 0 Å². The van der Waals surface area contributed by atoms with Gasteiger partial charge in [0, 0.05) is 38.1 Å². The second-order valence-corrected chi connectivity index (χ2v) is 10.9. The fourth-order valence-corrected chi connectivity index (χ4v) is 6.68. The molecule has 0 fully saturated rings. The molecule has 0 N–H and O–H groups in total. The van der Waals surface area contributed by atoms with Crippen LogP contribution in [0.25, 0.3) is 42.7 Å². The Morgan fingerprint density at radius 3 is 2.44 bits per heavy atom. The van der Waals surface area contributed by atoms with Crippen LogP contribution in [0.3, 0.4) is 0 Å². The number of fused-ring (bicyclic) bond motifs is 3. The van der Waals surface area contributed by atoms with Gasteiger partial charge in [0.05, 0.1) is 0 Å². The Morgan fingerprint density at radius 2 is 1.59 bits per heavy atom. The highest BCUT2D eigenvalue weighted by atomic mass is 35.5. The van der Waals surface area contributed by atoms with Gasteiger partial charge in [0.2, 0.25) is 5.28 Å². The molecule has 0 amide bonds. The molecule has 0 aliphatic heterocycles. The quantitative estimate of drug-likeness (QED) is 0.214. The molecule has 2 aromatic heterocycles. The van der Waals surface area contributed by atoms with Crippen LogP contribution in [0.15, 0.2) is 103 Å². The Bertz CT molecular complexity index is 1930. The van der Waals surface area contributed by atoms with Crippen LogP contribution < -0.4 is 0 Å². The number of aromatic nitrogens is 3. The van der Waals surface area contributed by atoms with Gasteiger partial charge in [-0.2, -0.15) is 9.97 Å². The third-order valence-corrected chi connectivity index (χ3v) is 8.44. The number of benzene rings is 3. The number of hydrogen-bond acceptors (Lipinski definition) is 4. The third kappa shape index (κ3) is 4.51. The first-order valence-corrected chi connectivity index (χ1v) is 14.1. The summed E-state index contributed by atoms with van der Waals surface area (Å²) in [6, 6.07) is 23.3. The maximum atomic E-state index is 6.55. The molecule has 2 heterocycles. The van der Waals surface area contributed by atoms with Gasteiger partial charge in [0.25, 0.3) is 0 Å². The Morgan fingerprint density at radius 1 is 0.821 bits per heavy atom. The van der Waals surface area contributed by atoms with Crippen molar-refractivity contribution in [3.8, 4) is 23.2 Å². The molecular formula is C34H22ClN3S. The van der Waals surface area contributed by atoms with Crippen molar-refractivity contribution in [2.75, 3.05) is 0 Å². The van der Waals surface area contributed by atoms with Crippen molar-refractivity contribution in [3.63, 3.8) is 0 Å². The Hall–Kier alpha value is -4.30. The van der Waals surface area contributed by atoms with Crippen molar-refractivity contribution in [2.45, 2.75) is 18.8 Å². The predicted octanol–water partition coefficient (Wildman–Crippen LogP) is 9.03. The van der Waals surface area contributed by atoms with Gasteiger partial charge in [-0.05, 0) is 64.6 Å². The van der Waals surface area contributed by atoms with Gasteiger partial charge in [-0.1, -0.05) is 90.7 Å². The van der Waals surface area contributed by atoms with Crippen molar-refractivity contribution in [3.05, 3.63) is 125 Å². The molecule has 7 rings (SSSR count). The van der Waals surface area contributed by atoms with Crippen molar-refractivity contribution in [1.29, 1.82) is 0 Å². The van der Waals surface area contributed by atoms with E-state index in [0.717, 1.165) is 34.9 Å². The van der Waals surface area contributed by atoms with Crippen LogP contribution in [0.4, 0.5) is 0 Å². The first-order valence-electron chi connectivity index (χ1n) is 12.9. The number of thiophene rings is 1. The monoisotopic (exact) mass is 539 g/mol. The number of hydrogen-bond donors (Lipinski definition) is 0. The molecule has 39 heavy (non-hydrogen) atoms. The normalized spacial score (nSPS) is 16.5. The average Bonchev–Trinajstić information content (AvgIpc) is 3.16. The van der Waals surface area contributed by atoms with E-state index in [1.165, 1.54) is 25.9 Å². The maximum Gasteiger partial charge on any atom is 0.226 e. The molecule has 0 radical (unpaired) electrons. The molecule has 2 aliphatic rings. The smallest absolute Gasteiger partial charge is 0.208 e. The number of halogens is 1. The van der Waals surface area contributed by atoms with Gasteiger partial charge in [-0.15, -0.1) is 11.3 Å². The van der Waals surface area contributed by atoms with Crippen LogP contribution in [-0.2, 0) is 0 Å². The van der Waals surface area contributed by atoms with E-state index >= 15 is 0 Å². The Balaban J connectivity index is 1.37. The van der Waals surface area contributed by atoms with Gasteiger partial charge in [0.1, 0.15) is 0 Å². The molecule has 0 bridgehead atoms. The summed E-state index contributed by atoms with van der Waals surface area (Å²) in [5.41, 5.74) is 5.62. The van der Waals surface area contributed by atoms with Gasteiger partial charge < -0.3 is 0 Å². The molecular weight excluding hydrogens is 518 g/mol. The third-order valence-electron chi connectivity index (χ3n) is 7.15. The fourth-order valence-electron chi connectivity index (χ4n) is 5.36. The maximum absolute atomic E-state index is 6.55. The second kappa shape index (κ2) is 10.1. The summed E-state index contributed by atoms with van der Waals surface area (Å²) in [4.78, 5) is 14.2. The zero-order valence-electron chi connectivity index (χ0n) is 20.9. The molecule has 1 unspecified atom stereocenters. The van der Waals surface area contributed by atoms with E-state index in [4.69, 9.17) is 16.6 Å². The minimum absolute atomic E-state index is 0.199. The van der Waals surface area contributed by atoms with Crippen LogP contribution in [0, 0.1) is 11.8 Å². The van der Waals surface area contributed by atoms with E-state index in [0.29, 0.717) is 11.6 Å². The molecule has 2 aliphatic carbocycles. The predicted molar refractivity (Wildman–Crippen MR) is 164 cm³/mol. The van der Waals surface area contributed by atoms with Crippen molar-refractivity contribution in [2.24, 2.45) is 0 Å². The van der Waals surface area contributed by atoms with Crippen LogP contribution in [-0.4, -0.2) is 15.0 Å². The lowest BCUT2D eigenvalue weighted by Gasteiger charge is -2.18. The Labute approximate surface area is 235 Å². The van der Waals surface area contributed by atoms with E-state index in [9.17, 15) is 0 Å². The van der Waals surface area contributed by atoms with E-state index < -0.39 is 0 Å². The summed E-state index contributed by atoms with van der Waals surface area (Å²) in [7, 11) is 0. The number of nitrogens with zero attached hydrogens (tertiary/aromatic N) is 3. The van der Waals surface area contributed by atoms with Crippen molar-refractivity contribution < 1.29 is 0 Å². The average molecular weight is 540 g/mol. The molecule has 1 atom stereocenters. The molecule has 5 heteroatoms. The lowest BCUT2D eigenvalue weighted by molar-refractivity contribution is 0.853. The van der Waals surface area contributed by atoms with Gasteiger partial charge in [-0.3, -0.25) is 0 Å². The second-order valence-electron chi connectivity index (χ2n) is 9.53. The number of rotatable bonds is 4. The van der Waals surface area contributed by atoms with Crippen molar-refractivity contribution >= 4 is 54.3 Å². The van der Waals surface area contributed by atoms with Crippen LogP contribution in [0.2, 0.25) is 5.28 Å². The zero-order valence-corrected chi connectivity index (χ0v) is 22.5. The number of allylic oxidation sites excluding steroid dienone is 8. The highest BCUT2D eigenvalue weighted by molar-refractivity contribution is 7.26. The lowest BCUT2D eigenvalue weighted by Crippen LogP contribution is -2.06. The molecule has 0 saturated heterocycles. The summed E-state index contributed by atoms with van der Waals surface area (Å²) in [6.45, 7) is 0. The summed E-state index contributed by atoms with van der Waals surface area (Å²) in [6.07, 6.45) is 14.2. The highest BCUT2D eigenvalue weighted by Crippen LogP contribution is 2.43. The molecule has 0 saturated carbocycles. The molecule has 3 nitrogen and oxygen atoms in total. The molecule has 3 aromatic carbocycles. The van der Waals surface area contributed by atoms with E-state index in [1.54, 1.807) is 11.3 Å². The minimum Gasteiger partial charge on any atom is -0.208 e. The minimum atomic E-state index is 0.199. The van der Waals surface area contributed by atoms with Crippen LogP contribution in [0.1, 0.15) is 35.7 Å². The van der Waals surface area contributed by atoms with Crippen molar-refractivity contribution in [1.82, 2.24) is 15.0 Å². The SMILES string of the molecule is Clc1nc(C2=CC=CC(c3ccccc3)C2)nc(-c2cccc3sc4cccc(C5=CCC#CC=C5)c4c23)n1. The van der Waals surface area contributed by atoms with Crippen LogP contribution >= 0.6 is 22.9 Å². The van der Waals surface area contributed by atoms with E-state index in [2.05, 4.69) is 113 Å². The summed E-state index contributed by atoms with van der Waals surface area (Å²) >= 11 is 8.33. The van der Waals surface area contributed by atoms with Gasteiger partial charge in [0.15, 0.2) is 11.6 Å². The lowest BCUT2D eigenvalue weighted by atomic mass is 9.88. The highest BCUT2D eigenvalue weighted by Gasteiger charge is 2.21. The first-order chi connectivity index (χ1) is 19.2. The van der Waals surface area contributed by atoms with Gasteiger partial charge >= 0.3 is 0 Å². The topological polar surface area (TPSA) is 38.7 Å². The molecule has 5 aromatic rings. The van der Waals surface area contributed by atoms with E-state index in [1.807, 2.05) is 12.1 Å². The first kappa shape index (κ1) is 23.8. The largest absolute Gasteiger partial charge is 0.226 e. The summed E-state index contributed by atoms with van der Waals surface area (Å²) < 4.78 is 2.41. The molecule has 186 valence electrons. The van der Waals surface area contributed by atoms with E-state index in [-0.39, 0.29) is 11.2 Å². The standard InChI is InChI=1S/C34H22ClN3S/c35-34-37-32(25-16-8-15-24(21-25)22-11-6-3-7-12-22)36-33(38-34)27-18-10-20-29-31(27)30-26(17-9-19-28(30)39-29)23-13-4-1-2-5-14-23/h3-4,6-20,24H,5,21H2. The molecule has 0 spiro atoms. The summed E-state index contributed by atoms with van der Waals surface area (Å²) in [5, 5.41) is 2.54.